The number of carbonyl (C=O) groups is 1. The van der Waals surface area contributed by atoms with E-state index in [1.54, 1.807) is 11.3 Å². The van der Waals surface area contributed by atoms with Gasteiger partial charge in [0.05, 0.1) is 5.56 Å². The summed E-state index contributed by atoms with van der Waals surface area (Å²) < 4.78 is 0. The van der Waals surface area contributed by atoms with Gasteiger partial charge in [-0.2, -0.15) is 0 Å². The maximum atomic E-state index is 12.8. The Morgan fingerprint density at radius 1 is 1.35 bits per heavy atom. The molecule has 1 fully saturated rings. The van der Waals surface area contributed by atoms with E-state index >= 15 is 0 Å². The monoisotopic (exact) mass is 458 g/mol. The van der Waals surface area contributed by atoms with Gasteiger partial charge in [0.25, 0.3) is 5.91 Å². The van der Waals surface area contributed by atoms with E-state index in [1.807, 2.05) is 32.0 Å². The predicted octanol–water partition coefficient (Wildman–Crippen LogP) is 4.62. The average Bonchev–Trinajstić information content (AvgIpc) is 3.46. The molecule has 0 aliphatic heterocycles. The van der Waals surface area contributed by atoms with Gasteiger partial charge in [-0.05, 0) is 73.9 Å². The van der Waals surface area contributed by atoms with Gasteiger partial charge in [0.1, 0.15) is 5.82 Å². The molecule has 0 aromatic carbocycles. The Bertz CT molecular complexity index is 936. The summed E-state index contributed by atoms with van der Waals surface area (Å²) in [6.07, 6.45) is 6.96. The molecule has 1 amide bonds. The minimum atomic E-state index is 0.0638. The lowest BCUT2D eigenvalue weighted by molar-refractivity contribution is 0.0951. The van der Waals surface area contributed by atoms with Crippen LogP contribution in [0.5, 0.6) is 0 Å². The number of thiocarbonyl (C=S) groups is 1. The first-order valence-corrected chi connectivity index (χ1v) is 12.2. The summed E-state index contributed by atoms with van der Waals surface area (Å²) in [5, 5.41) is 6.82. The van der Waals surface area contributed by atoms with Crippen LogP contribution in [0.1, 0.15) is 58.8 Å². The van der Waals surface area contributed by atoms with Crippen molar-refractivity contribution in [2.45, 2.75) is 52.9 Å². The predicted molar refractivity (Wildman–Crippen MR) is 135 cm³/mol. The Balaban J connectivity index is 1.72. The molecule has 5 nitrogen and oxygen atoms in total. The zero-order chi connectivity index (χ0) is 22.7. The summed E-state index contributed by atoms with van der Waals surface area (Å²) in [4.78, 5) is 21.9. The number of carbonyl (C=O) groups excluding carboxylic acids is 1. The van der Waals surface area contributed by atoms with Gasteiger partial charge in [0.2, 0.25) is 0 Å². The van der Waals surface area contributed by atoms with E-state index in [2.05, 4.69) is 31.1 Å². The van der Waals surface area contributed by atoms with Crippen LogP contribution >= 0.6 is 23.6 Å². The lowest BCUT2D eigenvalue weighted by atomic mass is 9.93. The summed E-state index contributed by atoms with van der Waals surface area (Å²) in [6.45, 7) is 11.2. The van der Waals surface area contributed by atoms with E-state index in [0.717, 1.165) is 52.5 Å². The third kappa shape index (κ3) is 6.26. The first-order chi connectivity index (χ1) is 14.7. The fourth-order valence-electron chi connectivity index (χ4n) is 3.53. The number of aryl methyl sites for hydroxylation is 2. The largest absolute Gasteiger partial charge is 0.364 e. The highest BCUT2D eigenvalue weighted by atomic mass is 32.1. The van der Waals surface area contributed by atoms with Crippen LogP contribution in [-0.2, 0) is 12.8 Å². The van der Waals surface area contributed by atoms with Crippen LogP contribution in [0, 0.1) is 18.8 Å². The lowest BCUT2D eigenvalue weighted by Crippen LogP contribution is -2.30. The Kier molecular flexibility index (Phi) is 7.70. The molecule has 2 aliphatic carbocycles. The highest BCUT2D eigenvalue weighted by Gasteiger charge is 2.27. The number of hydrogen-bond donors (Lipinski definition) is 2. The number of thiophene rings is 1. The molecule has 0 unspecified atom stereocenters. The molecular weight excluding hydrogens is 424 g/mol. The number of allylic oxidation sites excluding steroid dienone is 2. The fourth-order valence-corrected chi connectivity index (χ4v) is 4.95. The van der Waals surface area contributed by atoms with Crippen molar-refractivity contribution in [3.8, 4) is 0 Å². The SMILES string of the molecule is C=C(/C=C(/NC(=S)/N=C1\CCc2sc(C)c(C(=O)NCC3CC3)c2C1)N(C)C)C(C)C. The number of amides is 1. The third-order valence-corrected chi connectivity index (χ3v) is 7.20. The van der Waals surface area contributed by atoms with E-state index in [0.29, 0.717) is 23.4 Å². The van der Waals surface area contributed by atoms with Crippen molar-refractivity contribution in [2.24, 2.45) is 16.8 Å². The van der Waals surface area contributed by atoms with Gasteiger partial charge in [0.15, 0.2) is 5.11 Å². The molecule has 0 radical (unpaired) electrons. The van der Waals surface area contributed by atoms with Crippen molar-refractivity contribution in [3.63, 3.8) is 0 Å². The minimum absolute atomic E-state index is 0.0638. The molecule has 1 aromatic heterocycles. The molecule has 1 heterocycles. The number of rotatable bonds is 7. The molecule has 0 bridgehead atoms. The average molecular weight is 459 g/mol. The molecule has 3 rings (SSSR count). The van der Waals surface area contributed by atoms with Gasteiger partial charge in [0, 0.05) is 42.5 Å². The van der Waals surface area contributed by atoms with Gasteiger partial charge in [-0.25, -0.2) is 4.99 Å². The van der Waals surface area contributed by atoms with Gasteiger partial charge in [-0.3, -0.25) is 4.79 Å². The molecule has 7 heteroatoms. The molecule has 168 valence electrons. The number of aliphatic imine (C=N–C) groups is 1. The highest BCUT2D eigenvalue weighted by molar-refractivity contribution is 7.80. The second-order valence-corrected chi connectivity index (χ2v) is 10.7. The molecule has 2 aliphatic rings. The maximum absolute atomic E-state index is 12.8. The molecule has 0 spiro atoms. The van der Waals surface area contributed by atoms with Crippen molar-refractivity contribution in [1.29, 1.82) is 0 Å². The minimum Gasteiger partial charge on any atom is -0.364 e. The molecular formula is C24H34N4OS2. The first kappa shape index (κ1) is 23.7. The van der Waals surface area contributed by atoms with E-state index in [-0.39, 0.29) is 5.91 Å². The zero-order valence-electron chi connectivity index (χ0n) is 19.3. The molecule has 1 aromatic rings. The van der Waals surface area contributed by atoms with Crippen LogP contribution in [0.25, 0.3) is 0 Å². The smallest absolute Gasteiger partial charge is 0.252 e. The summed E-state index contributed by atoms with van der Waals surface area (Å²) in [5.41, 5.74) is 4.05. The summed E-state index contributed by atoms with van der Waals surface area (Å²) in [7, 11) is 3.94. The van der Waals surface area contributed by atoms with Crippen LogP contribution in [-0.4, -0.2) is 42.3 Å². The van der Waals surface area contributed by atoms with Crippen molar-refractivity contribution >= 4 is 40.3 Å². The van der Waals surface area contributed by atoms with Crippen LogP contribution < -0.4 is 10.6 Å². The maximum Gasteiger partial charge on any atom is 0.252 e. The fraction of sp³-hybridized carbons (Fsp3) is 0.542. The van der Waals surface area contributed by atoms with Crippen molar-refractivity contribution in [1.82, 2.24) is 15.5 Å². The van der Waals surface area contributed by atoms with E-state index in [9.17, 15) is 4.79 Å². The Morgan fingerprint density at radius 2 is 2.06 bits per heavy atom. The van der Waals surface area contributed by atoms with Crippen LogP contribution in [0.3, 0.4) is 0 Å². The third-order valence-electron chi connectivity index (χ3n) is 5.80. The van der Waals surface area contributed by atoms with Crippen LogP contribution in [0.15, 0.2) is 29.0 Å². The molecule has 0 atom stereocenters. The van der Waals surface area contributed by atoms with Gasteiger partial charge in [-0.15, -0.1) is 11.3 Å². The Morgan fingerprint density at radius 3 is 2.68 bits per heavy atom. The molecule has 31 heavy (non-hydrogen) atoms. The first-order valence-electron chi connectivity index (χ1n) is 11.0. The van der Waals surface area contributed by atoms with Crippen LogP contribution in [0.2, 0.25) is 0 Å². The molecule has 0 saturated heterocycles. The summed E-state index contributed by atoms with van der Waals surface area (Å²) in [6, 6.07) is 0. The van der Waals surface area contributed by atoms with E-state index in [1.165, 1.54) is 17.7 Å². The van der Waals surface area contributed by atoms with Crippen LogP contribution in [0.4, 0.5) is 0 Å². The topological polar surface area (TPSA) is 56.7 Å². The number of hydrogen-bond acceptors (Lipinski definition) is 4. The number of nitrogens with one attached hydrogen (secondary N) is 2. The highest BCUT2D eigenvalue weighted by Crippen LogP contribution is 2.34. The summed E-state index contributed by atoms with van der Waals surface area (Å²) >= 11 is 7.29. The van der Waals surface area contributed by atoms with Crippen molar-refractivity contribution in [2.75, 3.05) is 20.6 Å². The second-order valence-electron chi connectivity index (χ2n) is 9.03. The quantitative estimate of drug-likeness (QED) is 0.463. The van der Waals surface area contributed by atoms with Crippen molar-refractivity contribution in [3.05, 3.63) is 44.9 Å². The van der Waals surface area contributed by atoms with Gasteiger partial charge >= 0.3 is 0 Å². The normalized spacial score (nSPS) is 17.5. The van der Waals surface area contributed by atoms with Gasteiger partial charge < -0.3 is 15.5 Å². The summed E-state index contributed by atoms with van der Waals surface area (Å²) in [5.74, 6) is 1.97. The number of fused-ring (bicyclic) bond motifs is 1. The van der Waals surface area contributed by atoms with Crippen molar-refractivity contribution < 1.29 is 4.79 Å². The van der Waals surface area contributed by atoms with E-state index < -0.39 is 0 Å². The zero-order valence-corrected chi connectivity index (χ0v) is 20.9. The Labute approximate surface area is 195 Å². The van der Waals surface area contributed by atoms with Gasteiger partial charge in [-0.1, -0.05) is 20.4 Å². The number of nitrogens with zero attached hydrogens (tertiary/aromatic N) is 2. The molecule has 2 N–H and O–H groups in total. The Hall–Kier alpha value is -1.99. The molecule has 1 saturated carbocycles. The second kappa shape index (κ2) is 10.1. The van der Waals surface area contributed by atoms with E-state index in [4.69, 9.17) is 17.2 Å². The standard InChI is InChI=1S/C24H34N4OS2/c1-14(2)15(3)11-21(28(5)6)27-24(30)26-18-9-10-20-19(12-18)22(16(4)31-20)23(29)25-13-17-7-8-17/h11,14,17H,3,7-10,12-13H2,1-2,4-6H3,(H,25,29)(H,27,30)/b21-11-,26-18+. The lowest BCUT2D eigenvalue weighted by Gasteiger charge is -2.21.